The van der Waals surface area contributed by atoms with Gasteiger partial charge in [-0.2, -0.15) is 0 Å². The van der Waals surface area contributed by atoms with Gasteiger partial charge in [0.25, 0.3) is 0 Å². The predicted octanol–water partition coefficient (Wildman–Crippen LogP) is 4.88. The molecule has 0 aromatic heterocycles. The van der Waals surface area contributed by atoms with Gasteiger partial charge < -0.3 is 4.90 Å². The van der Waals surface area contributed by atoms with E-state index in [-0.39, 0.29) is 0 Å². The number of nitrogens with zero attached hydrogens (tertiary/aromatic N) is 1. The molecule has 0 N–H and O–H groups in total. The number of rotatable bonds is 9. The van der Waals surface area contributed by atoms with E-state index < -0.39 is 0 Å². The Morgan fingerprint density at radius 1 is 0.727 bits per heavy atom. The van der Waals surface area contributed by atoms with Crippen LogP contribution >= 0.6 is 0 Å². The van der Waals surface area contributed by atoms with E-state index in [0.717, 1.165) is 6.54 Å². The summed E-state index contributed by atoms with van der Waals surface area (Å²) >= 11 is 0. The molecule has 0 fully saturated rings. The minimum absolute atomic E-state index is 1.16. The van der Waals surface area contributed by atoms with E-state index in [1.165, 1.54) is 55.5 Å². The lowest BCUT2D eigenvalue weighted by atomic mass is 10.1. The number of benzene rings is 2. The van der Waals surface area contributed by atoms with Crippen LogP contribution in [0, 0.1) is 6.92 Å². The number of hydrogen-bond donors (Lipinski definition) is 0. The van der Waals surface area contributed by atoms with Crippen LogP contribution in [0.3, 0.4) is 0 Å². The van der Waals surface area contributed by atoms with Gasteiger partial charge in [-0.1, -0.05) is 67.1 Å². The van der Waals surface area contributed by atoms with Crippen molar-refractivity contribution in [1.82, 2.24) is 4.90 Å². The predicted molar refractivity (Wildman–Crippen MR) is 96.4 cm³/mol. The second kappa shape index (κ2) is 9.42. The first-order valence-electron chi connectivity index (χ1n) is 8.59. The standard InChI is InChI=1S/C21H29N/c1-3-22(17-7-11-20-9-5-4-6-10-20)18-8-12-21-15-13-19(2)14-16-21/h4-6,9-10,13-16H,3,7-8,11-12,17-18H2,1-2H3. The zero-order chi connectivity index (χ0) is 15.6. The average Bonchev–Trinajstić information content (AvgIpc) is 2.56. The molecule has 0 aliphatic heterocycles. The zero-order valence-electron chi connectivity index (χ0n) is 14.1. The fourth-order valence-corrected chi connectivity index (χ4v) is 2.84. The zero-order valence-corrected chi connectivity index (χ0v) is 14.1. The van der Waals surface area contributed by atoms with E-state index in [2.05, 4.69) is 73.3 Å². The van der Waals surface area contributed by atoms with Gasteiger partial charge in [-0.3, -0.25) is 0 Å². The van der Waals surface area contributed by atoms with E-state index >= 15 is 0 Å². The Morgan fingerprint density at radius 3 is 1.82 bits per heavy atom. The monoisotopic (exact) mass is 295 g/mol. The van der Waals surface area contributed by atoms with Crippen molar-refractivity contribution in [1.29, 1.82) is 0 Å². The summed E-state index contributed by atoms with van der Waals surface area (Å²) in [6.45, 7) is 7.99. The molecule has 0 amide bonds. The molecule has 0 saturated carbocycles. The fourth-order valence-electron chi connectivity index (χ4n) is 2.84. The molecular formula is C21H29N. The van der Waals surface area contributed by atoms with Gasteiger partial charge in [-0.05, 0) is 63.4 Å². The van der Waals surface area contributed by atoms with Gasteiger partial charge in [0.05, 0.1) is 0 Å². The molecule has 0 radical (unpaired) electrons. The van der Waals surface area contributed by atoms with Crippen molar-refractivity contribution in [3.8, 4) is 0 Å². The summed E-state index contributed by atoms with van der Waals surface area (Å²) in [4.78, 5) is 2.58. The van der Waals surface area contributed by atoms with E-state index in [1.807, 2.05) is 0 Å². The molecule has 1 heteroatoms. The van der Waals surface area contributed by atoms with Crippen LogP contribution in [0.15, 0.2) is 54.6 Å². The Morgan fingerprint density at radius 2 is 1.27 bits per heavy atom. The average molecular weight is 295 g/mol. The van der Waals surface area contributed by atoms with Crippen molar-refractivity contribution < 1.29 is 0 Å². The Bertz CT molecular complexity index is 515. The molecule has 0 aliphatic carbocycles. The van der Waals surface area contributed by atoms with Gasteiger partial charge in [0, 0.05) is 0 Å². The highest BCUT2D eigenvalue weighted by molar-refractivity contribution is 5.21. The third-order valence-electron chi connectivity index (χ3n) is 4.29. The van der Waals surface area contributed by atoms with E-state index in [0.29, 0.717) is 0 Å². The number of aryl methyl sites for hydroxylation is 3. The van der Waals surface area contributed by atoms with Crippen LogP contribution in [0.1, 0.15) is 36.5 Å². The lowest BCUT2D eigenvalue weighted by Crippen LogP contribution is -2.26. The van der Waals surface area contributed by atoms with Crippen molar-refractivity contribution in [2.75, 3.05) is 19.6 Å². The van der Waals surface area contributed by atoms with Crippen molar-refractivity contribution in [2.24, 2.45) is 0 Å². The summed E-state index contributed by atoms with van der Waals surface area (Å²) < 4.78 is 0. The largest absolute Gasteiger partial charge is 0.304 e. The summed E-state index contributed by atoms with van der Waals surface area (Å²) in [6.07, 6.45) is 4.88. The second-order valence-electron chi connectivity index (χ2n) is 6.11. The van der Waals surface area contributed by atoms with Gasteiger partial charge in [0.2, 0.25) is 0 Å². The summed E-state index contributed by atoms with van der Waals surface area (Å²) in [7, 11) is 0. The SMILES string of the molecule is CCN(CCCc1ccccc1)CCCc1ccc(C)cc1. The van der Waals surface area contributed by atoms with Crippen molar-refractivity contribution >= 4 is 0 Å². The molecule has 0 unspecified atom stereocenters. The van der Waals surface area contributed by atoms with E-state index in [9.17, 15) is 0 Å². The smallest absolute Gasteiger partial charge is 0.00157 e. The quantitative estimate of drug-likeness (QED) is 0.637. The molecule has 2 rings (SSSR count). The molecule has 0 atom stereocenters. The lowest BCUT2D eigenvalue weighted by Gasteiger charge is -2.20. The molecule has 22 heavy (non-hydrogen) atoms. The second-order valence-corrected chi connectivity index (χ2v) is 6.11. The highest BCUT2D eigenvalue weighted by Gasteiger charge is 2.03. The maximum atomic E-state index is 2.58. The minimum Gasteiger partial charge on any atom is -0.304 e. The fraction of sp³-hybridized carbons (Fsp3) is 0.429. The molecule has 2 aromatic carbocycles. The molecular weight excluding hydrogens is 266 g/mol. The topological polar surface area (TPSA) is 3.24 Å². The van der Waals surface area contributed by atoms with Gasteiger partial charge in [0.1, 0.15) is 0 Å². The van der Waals surface area contributed by atoms with Gasteiger partial charge in [0.15, 0.2) is 0 Å². The van der Waals surface area contributed by atoms with Crippen LogP contribution in [0.2, 0.25) is 0 Å². The molecule has 1 nitrogen and oxygen atoms in total. The highest BCUT2D eigenvalue weighted by atomic mass is 15.1. The maximum Gasteiger partial charge on any atom is -0.00157 e. The summed E-state index contributed by atoms with van der Waals surface area (Å²) in [5.74, 6) is 0. The summed E-state index contributed by atoms with van der Waals surface area (Å²) in [6, 6.07) is 19.8. The molecule has 0 aliphatic rings. The molecule has 0 heterocycles. The van der Waals surface area contributed by atoms with Crippen molar-refractivity contribution in [2.45, 2.75) is 39.5 Å². The van der Waals surface area contributed by atoms with Crippen molar-refractivity contribution in [3.63, 3.8) is 0 Å². The molecule has 0 saturated heterocycles. The Balaban J connectivity index is 1.65. The van der Waals surface area contributed by atoms with Gasteiger partial charge >= 0.3 is 0 Å². The summed E-state index contributed by atoms with van der Waals surface area (Å²) in [5.41, 5.74) is 4.27. The van der Waals surface area contributed by atoms with Crippen molar-refractivity contribution in [3.05, 3.63) is 71.3 Å². The van der Waals surface area contributed by atoms with E-state index in [1.54, 1.807) is 0 Å². The Kier molecular flexibility index (Phi) is 7.18. The molecule has 0 bridgehead atoms. The maximum absolute atomic E-state index is 2.58. The van der Waals surface area contributed by atoms with Crippen LogP contribution in [-0.4, -0.2) is 24.5 Å². The van der Waals surface area contributed by atoms with Gasteiger partial charge in [-0.25, -0.2) is 0 Å². The first kappa shape index (κ1) is 16.8. The van der Waals surface area contributed by atoms with Crippen LogP contribution in [0.4, 0.5) is 0 Å². The van der Waals surface area contributed by atoms with E-state index in [4.69, 9.17) is 0 Å². The molecule has 2 aromatic rings. The summed E-state index contributed by atoms with van der Waals surface area (Å²) in [5, 5.41) is 0. The molecule has 0 spiro atoms. The van der Waals surface area contributed by atoms with Crippen LogP contribution in [-0.2, 0) is 12.8 Å². The van der Waals surface area contributed by atoms with Gasteiger partial charge in [-0.15, -0.1) is 0 Å². The minimum atomic E-state index is 1.16. The highest BCUT2D eigenvalue weighted by Crippen LogP contribution is 2.08. The third kappa shape index (κ3) is 6.03. The normalized spacial score (nSPS) is 11.0. The first-order chi connectivity index (χ1) is 10.8. The Labute approximate surface area is 136 Å². The van der Waals surface area contributed by atoms with Crippen LogP contribution < -0.4 is 0 Å². The third-order valence-corrected chi connectivity index (χ3v) is 4.29. The Hall–Kier alpha value is -1.60. The first-order valence-corrected chi connectivity index (χ1v) is 8.59. The van der Waals surface area contributed by atoms with Crippen LogP contribution in [0.5, 0.6) is 0 Å². The lowest BCUT2D eigenvalue weighted by molar-refractivity contribution is 0.281. The van der Waals surface area contributed by atoms with Crippen LogP contribution in [0.25, 0.3) is 0 Å². The number of hydrogen-bond acceptors (Lipinski definition) is 1. The molecule has 118 valence electrons.